The summed E-state index contributed by atoms with van der Waals surface area (Å²) in [7, 11) is 0. The summed E-state index contributed by atoms with van der Waals surface area (Å²) >= 11 is 1.17. The van der Waals surface area contributed by atoms with Crippen LogP contribution in [-0.4, -0.2) is 26.4 Å². The number of amides is 1. The van der Waals surface area contributed by atoms with Crippen molar-refractivity contribution in [2.45, 2.75) is 25.0 Å². The number of rotatable bonds is 5. The highest BCUT2D eigenvalue weighted by atomic mass is 32.2. The number of aromatic amines is 1. The van der Waals surface area contributed by atoms with Crippen molar-refractivity contribution in [2.24, 2.45) is 5.84 Å². The van der Waals surface area contributed by atoms with Crippen LogP contribution in [0.5, 0.6) is 0 Å². The van der Waals surface area contributed by atoms with Crippen molar-refractivity contribution in [1.82, 2.24) is 20.2 Å². The average molecular weight is 231 g/mol. The van der Waals surface area contributed by atoms with Gasteiger partial charge in [-0.1, -0.05) is 18.7 Å². The normalized spacial score (nSPS) is 10.3. The van der Waals surface area contributed by atoms with Crippen LogP contribution in [0.2, 0.25) is 0 Å². The van der Waals surface area contributed by atoms with Gasteiger partial charge >= 0.3 is 5.69 Å². The Kier molecular flexibility index (Phi) is 4.37. The maximum absolute atomic E-state index is 11.3. The van der Waals surface area contributed by atoms with E-state index in [2.05, 4.69) is 10.2 Å². The largest absolute Gasteiger partial charge is 0.343 e. The van der Waals surface area contributed by atoms with Gasteiger partial charge in [0.1, 0.15) is 0 Å². The highest BCUT2D eigenvalue weighted by molar-refractivity contribution is 7.99. The van der Waals surface area contributed by atoms with Gasteiger partial charge in [0, 0.05) is 6.54 Å². The van der Waals surface area contributed by atoms with Gasteiger partial charge in [0.15, 0.2) is 5.16 Å². The summed E-state index contributed by atoms with van der Waals surface area (Å²) in [6.45, 7) is 2.54. The lowest BCUT2D eigenvalue weighted by Gasteiger charge is -2.02. The molecule has 0 spiro atoms. The van der Waals surface area contributed by atoms with Gasteiger partial charge in [-0.25, -0.2) is 15.7 Å². The number of nitrogens with two attached hydrogens (primary N) is 1. The number of nitrogens with one attached hydrogen (secondary N) is 2. The van der Waals surface area contributed by atoms with E-state index >= 15 is 0 Å². The number of aromatic nitrogens is 3. The fourth-order valence-corrected chi connectivity index (χ4v) is 1.79. The number of carbonyl (C=O) groups excluding carboxylic acids is 1. The summed E-state index contributed by atoms with van der Waals surface area (Å²) in [5.74, 6) is 4.76. The van der Waals surface area contributed by atoms with Crippen molar-refractivity contribution < 1.29 is 4.79 Å². The second-order valence-electron chi connectivity index (χ2n) is 2.82. The van der Waals surface area contributed by atoms with Crippen LogP contribution in [0.25, 0.3) is 0 Å². The number of nitrogens with zero attached hydrogens (tertiary/aromatic N) is 2. The summed E-state index contributed by atoms with van der Waals surface area (Å²) < 4.78 is 1.49. The second-order valence-corrected chi connectivity index (χ2v) is 3.76. The Morgan fingerprint density at radius 2 is 2.47 bits per heavy atom. The van der Waals surface area contributed by atoms with Crippen molar-refractivity contribution in [2.75, 3.05) is 5.75 Å². The van der Waals surface area contributed by atoms with Crippen LogP contribution in [0.4, 0.5) is 0 Å². The molecule has 0 aliphatic rings. The molecule has 0 saturated carbocycles. The third kappa shape index (κ3) is 3.10. The molecule has 15 heavy (non-hydrogen) atoms. The minimum Gasteiger partial charge on any atom is -0.294 e. The lowest BCUT2D eigenvalue weighted by atomic mass is 10.5. The Morgan fingerprint density at radius 1 is 1.73 bits per heavy atom. The van der Waals surface area contributed by atoms with E-state index in [1.165, 1.54) is 16.3 Å². The highest BCUT2D eigenvalue weighted by Gasteiger charge is 2.09. The van der Waals surface area contributed by atoms with Gasteiger partial charge in [-0.15, -0.1) is 5.10 Å². The number of hydrazine groups is 1. The first-order chi connectivity index (χ1) is 7.19. The molecule has 84 valence electrons. The summed E-state index contributed by atoms with van der Waals surface area (Å²) in [5, 5.41) is 6.65. The maximum Gasteiger partial charge on any atom is 0.343 e. The van der Waals surface area contributed by atoms with Gasteiger partial charge in [-0.3, -0.25) is 14.8 Å². The summed E-state index contributed by atoms with van der Waals surface area (Å²) in [5.41, 5.74) is 1.75. The van der Waals surface area contributed by atoms with E-state index in [4.69, 9.17) is 5.84 Å². The Bertz CT molecular complexity index is 385. The molecule has 0 aliphatic carbocycles. The molecule has 4 N–H and O–H groups in total. The van der Waals surface area contributed by atoms with E-state index < -0.39 is 0 Å². The number of hydrogen-bond donors (Lipinski definition) is 3. The standard InChI is InChI=1S/C7H13N5O2S/c1-2-3-12-6(14)10-11-7(12)15-4-5(13)9-8/h2-4,8H2,1H3,(H,9,13)(H,10,14). The molecule has 0 atom stereocenters. The molecule has 7 nitrogen and oxygen atoms in total. The molecule has 0 aromatic carbocycles. The van der Waals surface area contributed by atoms with Crippen LogP contribution in [0.15, 0.2) is 9.95 Å². The molecular weight excluding hydrogens is 218 g/mol. The smallest absolute Gasteiger partial charge is 0.294 e. The lowest BCUT2D eigenvalue weighted by Crippen LogP contribution is -2.31. The highest BCUT2D eigenvalue weighted by Crippen LogP contribution is 2.12. The fourth-order valence-electron chi connectivity index (χ4n) is 1.01. The van der Waals surface area contributed by atoms with Crippen LogP contribution in [-0.2, 0) is 11.3 Å². The summed E-state index contributed by atoms with van der Waals surface area (Å²) in [6, 6.07) is 0. The predicted octanol–water partition coefficient (Wildman–Crippen LogP) is -0.937. The number of hydrogen-bond acceptors (Lipinski definition) is 5. The van der Waals surface area contributed by atoms with Gasteiger partial charge in [-0.2, -0.15) is 0 Å². The van der Waals surface area contributed by atoms with E-state index in [9.17, 15) is 9.59 Å². The van der Waals surface area contributed by atoms with Gasteiger partial charge in [0.05, 0.1) is 5.75 Å². The van der Waals surface area contributed by atoms with E-state index in [0.29, 0.717) is 11.7 Å². The zero-order chi connectivity index (χ0) is 11.3. The van der Waals surface area contributed by atoms with E-state index in [1.54, 1.807) is 0 Å². The molecule has 8 heteroatoms. The predicted molar refractivity (Wildman–Crippen MR) is 56.2 cm³/mol. The average Bonchev–Trinajstić information content (AvgIpc) is 2.58. The molecule has 0 radical (unpaired) electrons. The van der Waals surface area contributed by atoms with Gasteiger partial charge < -0.3 is 0 Å². The minimum absolute atomic E-state index is 0.143. The number of H-pyrrole nitrogens is 1. The van der Waals surface area contributed by atoms with E-state index in [-0.39, 0.29) is 17.3 Å². The third-order valence-corrected chi connectivity index (χ3v) is 2.64. The van der Waals surface area contributed by atoms with E-state index in [1.807, 2.05) is 12.3 Å². The first kappa shape index (κ1) is 11.8. The second kappa shape index (κ2) is 5.56. The first-order valence-electron chi connectivity index (χ1n) is 4.46. The molecule has 1 aromatic heterocycles. The fraction of sp³-hybridized carbons (Fsp3) is 0.571. The molecule has 1 heterocycles. The van der Waals surface area contributed by atoms with Crippen LogP contribution in [0.3, 0.4) is 0 Å². The zero-order valence-corrected chi connectivity index (χ0v) is 9.13. The number of thioether (sulfide) groups is 1. The molecule has 0 saturated heterocycles. The zero-order valence-electron chi connectivity index (χ0n) is 8.32. The van der Waals surface area contributed by atoms with E-state index in [0.717, 1.165) is 6.42 Å². The SMILES string of the molecule is CCCn1c(SCC(=O)NN)n[nH]c1=O. The molecule has 1 amide bonds. The molecule has 1 aromatic rings. The van der Waals surface area contributed by atoms with Crippen molar-refractivity contribution in [1.29, 1.82) is 0 Å². The van der Waals surface area contributed by atoms with Crippen LogP contribution in [0, 0.1) is 0 Å². The minimum atomic E-state index is -0.307. The molecule has 0 unspecified atom stereocenters. The topological polar surface area (TPSA) is 106 Å². The quantitative estimate of drug-likeness (QED) is 0.262. The molecular formula is C7H13N5O2S. The van der Waals surface area contributed by atoms with Crippen LogP contribution < -0.4 is 17.0 Å². The lowest BCUT2D eigenvalue weighted by molar-refractivity contribution is -0.118. The van der Waals surface area contributed by atoms with Crippen molar-refractivity contribution in [3.05, 3.63) is 10.5 Å². The van der Waals surface area contributed by atoms with Gasteiger partial charge in [0.2, 0.25) is 5.91 Å². The molecule has 0 bridgehead atoms. The number of carbonyl (C=O) groups is 1. The van der Waals surface area contributed by atoms with Crippen LogP contribution >= 0.6 is 11.8 Å². The Labute approximate surface area is 90.4 Å². The third-order valence-electron chi connectivity index (χ3n) is 1.66. The van der Waals surface area contributed by atoms with Crippen molar-refractivity contribution >= 4 is 17.7 Å². The molecule has 1 rings (SSSR count). The van der Waals surface area contributed by atoms with Crippen LogP contribution in [0.1, 0.15) is 13.3 Å². The summed E-state index contributed by atoms with van der Waals surface area (Å²) in [6.07, 6.45) is 0.829. The first-order valence-corrected chi connectivity index (χ1v) is 5.45. The maximum atomic E-state index is 11.3. The van der Waals surface area contributed by atoms with Crippen molar-refractivity contribution in [3.8, 4) is 0 Å². The molecule has 0 fully saturated rings. The van der Waals surface area contributed by atoms with Crippen molar-refractivity contribution in [3.63, 3.8) is 0 Å². The Balaban J connectivity index is 2.68. The Hall–Kier alpha value is -1.28. The monoisotopic (exact) mass is 231 g/mol. The van der Waals surface area contributed by atoms with Gasteiger partial charge in [0.25, 0.3) is 0 Å². The summed E-state index contributed by atoms with van der Waals surface area (Å²) in [4.78, 5) is 22.1. The molecule has 0 aliphatic heterocycles. The Morgan fingerprint density at radius 3 is 3.07 bits per heavy atom. The van der Waals surface area contributed by atoms with Gasteiger partial charge in [-0.05, 0) is 6.42 Å².